The fourth-order valence-corrected chi connectivity index (χ4v) is 6.07. The van der Waals surface area contributed by atoms with E-state index in [0.717, 1.165) is 52.2 Å². The molecule has 3 aliphatic rings. The van der Waals surface area contributed by atoms with E-state index in [1.807, 2.05) is 20.8 Å². The highest BCUT2D eigenvalue weighted by Gasteiger charge is 2.46. The smallest absolute Gasteiger partial charge is 0.257 e. The van der Waals surface area contributed by atoms with Crippen molar-refractivity contribution in [2.24, 2.45) is 5.41 Å². The topological polar surface area (TPSA) is 71.0 Å². The molecule has 5 rings (SSSR count). The predicted octanol–water partition coefficient (Wildman–Crippen LogP) is 4.75. The number of halogens is 1. The highest BCUT2D eigenvalue weighted by Crippen LogP contribution is 2.45. The van der Waals surface area contributed by atoms with Gasteiger partial charge in [0.25, 0.3) is 5.91 Å². The van der Waals surface area contributed by atoms with E-state index >= 15 is 0 Å². The van der Waals surface area contributed by atoms with Crippen molar-refractivity contribution in [3.63, 3.8) is 0 Å². The van der Waals surface area contributed by atoms with Gasteiger partial charge in [0.1, 0.15) is 17.9 Å². The lowest BCUT2D eigenvalue weighted by molar-refractivity contribution is -0.0208. The highest BCUT2D eigenvalue weighted by molar-refractivity contribution is 5.97. The SMILES string of the molecule is CCN(C(=O)c1cc(F)ccc1Oc1cncnc1N1CC2(CCN(C[C@@H]3CCCCO3)CC2)C1)C(C)C. The van der Waals surface area contributed by atoms with Gasteiger partial charge in [-0.25, -0.2) is 14.4 Å². The Kier molecular flexibility index (Phi) is 8.14. The second-order valence-corrected chi connectivity index (χ2v) is 11.3. The molecule has 4 heterocycles. The Bertz CT molecular complexity index is 1110. The van der Waals surface area contributed by atoms with Crippen LogP contribution in [0.3, 0.4) is 0 Å². The Morgan fingerprint density at radius 3 is 2.71 bits per heavy atom. The number of hydrogen-bond donors (Lipinski definition) is 0. The molecule has 9 heteroatoms. The largest absolute Gasteiger partial charge is 0.451 e. The number of nitrogens with zero attached hydrogens (tertiary/aromatic N) is 5. The number of aromatic nitrogens is 2. The maximum Gasteiger partial charge on any atom is 0.257 e. The molecule has 0 unspecified atom stereocenters. The zero-order chi connectivity index (χ0) is 26.7. The summed E-state index contributed by atoms with van der Waals surface area (Å²) in [6.07, 6.45) is 9.52. The minimum atomic E-state index is -0.476. The molecule has 2 aromatic rings. The van der Waals surface area contributed by atoms with Crippen molar-refractivity contribution in [1.82, 2.24) is 19.8 Å². The number of anilines is 1. The summed E-state index contributed by atoms with van der Waals surface area (Å²) < 4.78 is 26.3. The second-order valence-electron chi connectivity index (χ2n) is 11.3. The number of amides is 1. The maximum absolute atomic E-state index is 14.2. The number of carbonyl (C=O) groups is 1. The molecular weight excluding hydrogens is 485 g/mol. The molecular formula is C29H40FN5O3. The van der Waals surface area contributed by atoms with E-state index in [0.29, 0.717) is 35.4 Å². The standard InChI is InChI=1S/C29H40FN5O3/c1-4-35(21(2)3)28(36)24-15-22(30)8-9-25(24)38-26-16-31-20-32-27(26)34-18-29(19-34)10-12-33(13-11-29)17-23-7-5-6-14-37-23/h8-9,15-16,20-21,23H,4-7,10-14,17-19H2,1-3H3/t23-/m0/s1. The fraction of sp³-hybridized carbons (Fsp3) is 0.621. The summed E-state index contributed by atoms with van der Waals surface area (Å²) in [5, 5.41) is 0. The van der Waals surface area contributed by atoms with Gasteiger partial charge < -0.3 is 24.2 Å². The molecule has 1 spiro atoms. The van der Waals surface area contributed by atoms with Crippen molar-refractivity contribution >= 4 is 11.7 Å². The zero-order valence-corrected chi connectivity index (χ0v) is 22.9. The first-order chi connectivity index (χ1) is 18.4. The van der Waals surface area contributed by atoms with Crippen molar-refractivity contribution < 1.29 is 18.7 Å². The molecule has 3 aliphatic heterocycles. The van der Waals surface area contributed by atoms with Gasteiger partial charge in [-0.05, 0) is 84.2 Å². The van der Waals surface area contributed by atoms with Gasteiger partial charge in [-0.1, -0.05) is 0 Å². The number of benzene rings is 1. The Morgan fingerprint density at radius 1 is 1.24 bits per heavy atom. The number of carbonyl (C=O) groups excluding carboxylic acids is 1. The Morgan fingerprint density at radius 2 is 2.03 bits per heavy atom. The molecule has 3 fully saturated rings. The van der Waals surface area contributed by atoms with Crippen LogP contribution >= 0.6 is 0 Å². The number of likely N-dealkylation sites (tertiary alicyclic amines) is 1. The molecule has 206 valence electrons. The van der Waals surface area contributed by atoms with Crippen LogP contribution in [0.5, 0.6) is 11.5 Å². The summed E-state index contributed by atoms with van der Waals surface area (Å²) in [6.45, 7) is 12.3. The Labute approximate surface area is 225 Å². The second kappa shape index (κ2) is 11.5. The van der Waals surface area contributed by atoms with Crippen molar-refractivity contribution in [1.29, 1.82) is 0 Å². The first-order valence-corrected chi connectivity index (χ1v) is 14.0. The molecule has 0 N–H and O–H groups in total. The van der Waals surface area contributed by atoms with Crippen LogP contribution in [-0.4, -0.2) is 83.7 Å². The average molecular weight is 526 g/mol. The number of rotatable bonds is 8. The maximum atomic E-state index is 14.2. The highest BCUT2D eigenvalue weighted by atomic mass is 19.1. The summed E-state index contributed by atoms with van der Waals surface area (Å²) >= 11 is 0. The molecule has 1 aromatic carbocycles. The predicted molar refractivity (Wildman–Crippen MR) is 144 cm³/mol. The third-order valence-electron chi connectivity index (χ3n) is 8.28. The lowest BCUT2D eigenvalue weighted by Gasteiger charge is -2.54. The molecule has 0 bridgehead atoms. The summed E-state index contributed by atoms with van der Waals surface area (Å²) in [4.78, 5) is 28.4. The van der Waals surface area contributed by atoms with E-state index in [2.05, 4.69) is 19.8 Å². The van der Waals surface area contributed by atoms with E-state index in [1.165, 1.54) is 43.8 Å². The minimum Gasteiger partial charge on any atom is -0.451 e. The summed E-state index contributed by atoms with van der Waals surface area (Å²) in [5.41, 5.74) is 0.493. The average Bonchev–Trinajstić information content (AvgIpc) is 2.90. The molecule has 8 nitrogen and oxygen atoms in total. The van der Waals surface area contributed by atoms with Gasteiger partial charge in [0, 0.05) is 44.2 Å². The van der Waals surface area contributed by atoms with Crippen molar-refractivity contribution in [3.05, 3.63) is 42.1 Å². The molecule has 0 saturated carbocycles. The van der Waals surface area contributed by atoms with E-state index in [4.69, 9.17) is 9.47 Å². The number of hydrogen-bond acceptors (Lipinski definition) is 7. The van der Waals surface area contributed by atoms with Crippen molar-refractivity contribution in [2.45, 2.75) is 65.0 Å². The fourth-order valence-electron chi connectivity index (χ4n) is 6.07. The zero-order valence-electron chi connectivity index (χ0n) is 22.9. The van der Waals surface area contributed by atoms with Gasteiger partial charge in [0.15, 0.2) is 11.6 Å². The third-order valence-corrected chi connectivity index (χ3v) is 8.28. The van der Waals surface area contributed by atoms with Gasteiger partial charge in [-0.3, -0.25) is 4.79 Å². The monoisotopic (exact) mass is 525 g/mol. The van der Waals surface area contributed by atoms with E-state index in [9.17, 15) is 9.18 Å². The van der Waals surface area contributed by atoms with Crippen molar-refractivity contribution in [3.8, 4) is 11.5 Å². The minimum absolute atomic E-state index is 0.0156. The first-order valence-electron chi connectivity index (χ1n) is 14.0. The molecule has 1 amide bonds. The lowest BCUT2D eigenvalue weighted by Crippen LogP contribution is -2.61. The van der Waals surface area contributed by atoms with E-state index in [-0.39, 0.29) is 17.5 Å². The lowest BCUT2D eigenvalue weighted by atomic mass is 9.72. The van der Waals surface area contributed by atoms with Crippen LogP contribution in [0.15, 0.2) is 30.7 Å². The van der Waals surface area contributed by atoms with Crippen LogP contribution in [0.2, 0.25) is 0 Å². The summed E-state index contributed by atoms with van der Waals surface area (Å²) in [7, 11) is 0. The van der Waals surface area contributed by atoms with Gasteiger partial charge in [0.05, 0.1) is 17.9 Å². The number of ether oxygens (including phenoxy) is 2. The van der Waals surface area contributed by atoms with Gasteiger partial charge in [-0.15, -0.1) is 0 Å². The van der Waals surface area contributed by atoms with Crippen LogP contribution in [0.25, 0.3) is 0 Å². The van der Waals surface area contributed by atoms with Crippen LogP contribution in [0, 0.1) is 11.2 Å². The molecule has 38 heavy (non-hydrogen) atoms. The summed E-state index contributed by atoms with van der Waals surface area (Å²) in [6, 6.07) is 4.05. The molecule has 3 saturated heterocycles. The molecule has 1 aromatic heterocycles. The normalized spacial score (nSPS) is 21.4. The van der Waals surface area contributed by atoms with Crippen LogP contribution in [-0.2, 0) is 4.74 Å². The van der Waals surface area contributed by atoms with Gasteiger partial charge in [-0.2, -0.15) is 0 Å². The van der Waals surface area contributed by atoms with Crippen molar-refractivity contribution in [2.75, 3.05) is 50.8 Å². The van der Waals surface area contributed by atoms with Gasteiger partial charge in [0.2, 0.25) is 0 Å². The van der Waals surface area contributed by atoms with Crippen LogP contribution < -0.4 is 9.64 Å². The quantitative estimate of drug-likeness (QED) is 0.493. The van der Waals surface area contributed by atoms with E-state index < -0.39 is 5.82 Å². The summed E-state index contributed by atoms with van der Waals surface area (Å²) in [5.74, 6) is 0.755. The third kappa shape index (κ3) is 5.78. The van der Waals surface area contributed by atoms with Crippen LogP contribution in [0.4, 0.5) is 10.2 Å². The van der Waals surface area contributed by atoms with Crippen LogP contribution in [0.1, 0.15) is 63.2 Å². The van der Waals surface area contributed by atoms with E-state index in [1.54, 1.807) is 11.1 Å². The Hall–Kier alpha value is -2.78. The first kappa shape index (κ1) is 26.8. The number of piperidine rings is 1. The Balaban J connectivity index is 1.25. The molecule has 0 radical (unpaired) electrons. The van der Waals surface area contributed by atoms with Gasteiger partial charge >= 0.3 is 0 Å². The molecule has 1 atom stereocenters. The molecule has 0 aliphatic carbocycles.